The summed E-state index contributed by atoms with van der Waals surface area (Å²) in [5, 5.41) is 7.86. The van der Waals surface area contributed by atoms with Crippen LogP contribution in [0.4, 0.5) is 0 Å². The van der Waals surface area contributed by atoms with Crippen LogP contribution in [0.15, 0.2) is 64.8 Å². The van der Waals surface area contributed by atoms with E-state index in [1.54, 1.807) is 36.4 Å². The van der Waals surface area contributed by atoms with Crippen LogP contribution in [0.2, 0.25) is 0 Å². The molecule has 0 bridgehead atoms. The van der Waals surface area contributed by atoms with Crippen LogP contribution in [-0.2, 0) is 0 Å². The first kappa shape index (κ1) is 25.7. The second-order valence-electron chi connectivity index (χ2n) is 7.04. The van der Waals surface area contributed by atoms with Crippen molar-refractivity contribution in [3.05, 3.63) is 77.1 Å². The number of hydrogen-bond acceptors (Lipinski definition) is 9. The standard InChI is InChI=1S/C25H25N5O6/c1-33-20-10-8-16(12-22(20)35-3)14-26-29-24(31)18-6-5-7-19(28-18)25(32)30-27-15-17-9-11-21(34-2)23(13-17)36-4/h5-15H,1-4H3,(H,29,31)(H,30,32)/b26-14+,27-15+. The lowest BCUT2D eigenvalue weighted by atomic mass is 10.2. The Balaban J connectivity index is 1.61. The molecule has 2 N–H and O–H groups in total. The van der Waals surface area contributed by atoms with Crippen molar-refractivity contribution in [1.82, 2.24) is 15.8 Å². The Hall–Kier alpha value is -4.93. The Morgan fingerprint density at radius 1 is 0.667 bits per heavy atom. The van der Waals surface area contributed by atoms with Gasteiger partial charge in [-0.05, 0) is 59.7 Å². The number of rotatable bonds is 10. The van der Waals surface area contributed by atoms with Crippen molar-refractivity contribution < 1.29 is 28.5 Å². The summed E-state index contributed by atoms with van der Waals surface area (Å²) in [6.45, 7) is 0. The van der Waals surface area contributed by atoms with Gasteiger partial charge < -0.3 is 18.9 Å². The maximum Gasteiger partial charge on any atom is 0.289 e. The Bertz CT molecular complexity index is 1200. The van der Waals surface area contributed by atoms with Gasteiger partial charge in [-0.2, -0.15) is 10.2 Å². The molecule has 3 aromatic rings. The summed E-state index contributed by atoms with van der Waals surface area (Å²) in [5.74, 6) is 1.03. The molecule has 11 heteroatoms. The smallest absolute Gasteiger partial charge is 0.289 e. The molecule has 0 saturated carbocycles. The Morgan fingerprint density at radius 3 is 1.47 bits per heavy atom. The number of amides is 2. The Labute approximate surface area is 207 Å². The van der Waals surface area contributed by atoms with Gasteiger partial charge >= 0.3 is 0 Å². The number of benzene rings is 2. The third-order valence-electron chi connectivity index (χ3n) is 4.79. The molecule has 2 amide bonds. The highest BCUT2D eigenvalue weighted by Crippen LogP contribution is 2.27. The summed E-state index contributed by atoms with van der Waals surface area (Å²) in [6.07, 6.45) is 2.89. The largest absolute Gasteiger partial charge is 0.493 e. The molecular weight excluding hydrogens is 466 g/mol. The van der Waals surface area contributed by atoms with E-state index in [1.165, 1.54) is 59.1 Å². The summed E-state index contributed by atoms with van der Waals surface area (Å²) in [7, 11) is 6.13. The molecule has 0 fully saturated rings. The maximum atomic E-state index is 12.4. The molecule has 3 rings (SSSR count). The molecule has 0 aliphatic rings. The number of aromatic nitrogens is 1. The number of hydrogen-bond donors (Lipinski definition) is 2. The summed E-state index contributed by atoms with van der Waals surface area (Å²) in [6, 6.07) is 14.8. The molecule has 0 saturated heterocycles. The van der Waals surface area contributed by atoms with Gasteiger partial charge in [0.25, 0.3) is 11.8 Å². The third kappa shape index (κ3) is 6.56. The van der Waals surface area contributed by atoms with Crippen molar-refractivity contribution >= 4 is 24.2 Å². The van der Waals surface area contributed by atoms with E-state index in [0.29, 0.717) is 34.1 Å². The first-order chi connectivity index (χ1) is 17.5. The lowest BCUT2D eigenvalue weighted by Crippen LogP contribution is -2.23. The van der Waals surface area contributed by atoms with Crippen molar-refractivity contribution in [2.45, 2.75) is 0 Å². The lowest BCUT2D eigenvalue weighted by Gasteiger charge is -2.07. The normalized spacial score (nSPS) is 10.8. The Morgan fingerprint density at radius 2 is 1.08 bits per heavy atom. The Kier molecular flexibility index (Phi) is 8.93. The van der Waals surface area contributed by atoms with Gasteiger partial charge in [0, 0.05) is 0 Å². The van der Waals surface area contributed by atoms with Crippen LogP contribution < -0.4 is 29.8 Å². The third-order valence-corrected chi connectivity index (χ3v) is 4.79. The van der Waals surface area contributed by atoms with Gasteiger partial charge in [-0.25, -0.2) is 15.8 Å². The van der Waals surface area contributed by atoms with Crippen LogP contribution in [0.3, 0.4) is 0 Å². The fraction of sp³-hybridized carbons (Fsp3) is 0.160. The highest BCUT2D eigenvalue weighted by atomic mass is 16.5. The van der Waals surface area contributed by atoms with E-state index in [1.807, 2.05) is 0 Å². The SMILES string of the molecule is COc1ccc(/C=N/NC(=O)c2cccc(C(=O)N/N=C/c3ccc(OC)c(OC)c3)n2)cc1OC. The molecule has 36 heavy (non-hydrogen) atoms. The second kappa shape index (κ2) is 12.5. The summed E-state index contributed by atoms with van der Waals surface area (Å²) >= 11 is 0. The van der Waals surface area contributed by atoms with Crippen LogP contribution in [0, 0.1) is 0 Å². The summed E-state index contributed by atoms with van der Waals surface area (Å²) in [4.78, 5) is 28.9. The van der Waals surface area contributed by atoms with Crippen molar-refractivity contribution in [3.63, 3.8) is 0 Å². The molecule has 1 aromatic heterocycles. The van der Waals surface area contributed by atoms with Crippen LogP contribution >= 0.6 is 0 Å². The monoisotopic (exact) mass is 491 g/mol. The van der Waals surface area contributed by atoms with E-state index >= 15 is 0 Å². The molecule has 0 spiro atoms. The molecule has 1 heterocycles. The van der Waals surface area contributed by atoms with Crippen LogP contribution in [0.5, 0.6) is 23.0 Å². The summed E-state index contributed by atoms with van der Waals surface area (Å²) < 4.78 is 20.9. The van der Waals surface area contributed by atoms with E-state index in [0.717, 1.165) is 0 Å². The molecule has 0 aliphatic carbocycles. The average Bonchev–Trinajstić information content (AvgIpc) is 2.92. The van der Waals surface area contributed by atoms with Gasteiger partial charge in [-0.1, -0.05) is 6.07 Å². The topological polar surface area (TPSA) is 133 Å². The zero-order valence-electron chi connectivity index (χ0n) is 20.1. The van der Waals surface area contributed by atoms with Gasteiger partial charge in [-0.15, -0.1) is 0 Å². The van der Waals surface area contributed by atoms with E-state index in [4.69, 9.17) is 18.9 Å². The number of ether oxygens (including phenoxy) is 4. The van der Waals surface area contributed by atoms with Gasteiger partial charge in [-0.3, -0.25) is 9.59 Å². The highest BCUT2D eigenvalue weighted by molar-refractivity contribution is 5.97. The molecule has 2 aromatic carbocycles. The predicted molar refractivity (Wildman–Crippen MR) is 133 cm³/mol. The second-order valence-corrected chi connectivity index (χ2v) is 7.04. The van der Waals surface area contributed by atoms with Crippen molar-refractivity contribution in [2.24, 2.45) is 10.2 Å². The summed E-state index contributed by atoms with van der Waals surface area (Å²) in [5.41, 5.74) is 6.14. The number of nitrogens with zero attached hydrogens (tertiary/aromatic N) is 3. The number of pyridine rings is 1. The molecule has 0 radical (unpaired) electrons. The predicted octanol–water partition coefficient (Wildman–Crippen LogP) is 2.64. The van der Waals surface area contributed by atoms with Crippen molar-refractivity contribution in [1.29, 1.82) is 0 Å². The first-order valence-electron chi connectivity index (χ1n) is 10.6. The van der Waals surface area contributed by atoms with Gasteiger partial charge in [0.1, 0.15) is 11.4 Å². The number of hydrazone groups is 2. The van der Waals surface area contributed by atoms with Crippen molar-refractivity contribution in [3.8, 4) is 23.0 Å². The van der Waals surface area contributed by atoms with Crippen LogP contribution in [-0.4, -0.2) is 57.7 Å². The number of methoxy groups -OCH3 is 4. The highest BCUT2D eigenvalue weighted by Gasteiger charge is 2.12. The minimum absolute atomic E-state index is 0.0102. The number of carbonyl (C=O) groups is 2. The van der Waals surface area contributed by atoms with Gasteiger partial charge in [0.05, 0.1) is 40.9 Å². The average molecular weight is 492 g/mol. The minimum atomic E-state index is -0.588. The van der Waals surface area contributed by atoms with Crippen LogP contribution in [0.1, 0.15) is 32.1 Å². The first-order valence-corrected chi connectivity index (χ1v) is 10.6. The lowest BCUT2D eigenvalue weighted by molar-refractivity contribution is 0.0945. The number of carbonyl (C=O) groups excluding carboxylic acids is 2. The van der Waals surface area contributed by atoms with Crippen molar-refractivity contribution in [2.75, 3.05) is 28.4 Å². The number of nitrogens with one attached hydrogen (secondary N) is 2. The fourth-order valence-corrected chi connectivity index (χ4v) is 3.00. The maximum absolute atomic E-state index is 12.4. The van der Waals surface area contributed by atoms with E-state index < -0.39 is 11.8 Å². The quantitative estimate of drug-likeness (QED) is 0.329. The van der Waals surface area contributed by atoms with E-state index in [2.05, 4.69) is 26.0 Å². The fourth-order valence-electron chi connectivity index (χ4n) is 3.00. The van der Waals surface area contributed by atoms with Crippen LogP contribution in [0.25, 0.3) is 0 Å². The van der Waals surface area contributed by atoms with E-state index in [9.17, 15) is 9.59 Å². The minimum Gasteiger partial charge on any atom is -0.493 e. The zero-order valence-corrected chi connectivity index (χ0v) is 20.1. The molecule has 0 atom stereocenters. The van der Waals surface area contributed by atoms with Gasteiger partial charge in [0.15, 0.2) is 23.0 Å². The molecular formula is C25H25N5O6. The molecule has 11 nitrogen and oxygen atoms in total. The van der Waals surface area contributed by atoms with E-state index in [-0.39, 0.29) is 11.4 Å². The molecule has 0 aliphatic heterocycles. The molecule has 0 unspecified atom stereocenters. The zero-order chi connectivity index (χ0) is 25.9. The van der Waals surface area contributed by atoms with Gasteiger partial charge in [0.2, 0.25) is 0 Å². The molecule has 186 valence electrons.